The van der Waals surface area contributed by atoms with Gasteiger partial charge in [0.2, 0.25) is 0 Å². The Bertz CT molecular complexity index is 372. The van der Waals surface area contributed by atoms with Crippen molar-refractivity contribution in [1.29, 1.82) is 0 Å². The smallest absolute Gasteiger partial charge is 0.126 e. The van der Waals surface area contributed by atoms with E-state index in [0.29, 0.717) is 12.0 Å². The molecular weight excluding hydrogens is 215 g/mol. The first-order valence-electron chi connectivity index (χ1n) is 6.36. The van der Waals surface area contributed by atoms with Gasteiger partial charge in [-0.1, -0.05) is 12.1 Å². The van der Waals surface area contributed by atoms with Crippen molar-refractivity contribution in [2.45, 2.75) is 25.8 Å². The fourth-order valence-electron chi connectivity index (χ4n) is 2.70. The van der Waals surface area contributed by atoms with Crippen molar-refractivity contribution in [2.24, 2.45) is 5.92 Å². The van der Waals surface area contributed by atoms with Crippen LogP contribution in [-0.4, -0.2) is 20.1 Å². The second-order valence-electron chi connectivity index (χ2n) is 4.88. The van der Waals surface area contributed by atoms with Gasteiger partial charge in [0.05, 0.1) is 0 Å². The van der Waals surface area contributed by atoms with E-state index in [4.69, 9.17) is 0 Å². The Balaban J connectivity index is 2.18. The van der Waals surface area contributed by atoms with Gasteiger partial charge in [-0.3, -0.25) is 0 Å². The van der Waals surface area contributed by atoms with Crippen molar-refractivity contribution in [2.75, 3.05) is 20.1 Å². The molecule has 2 nitrogen and oxygen atoms in total. The number of nitrogens with one attached hydrogen (secondary N) is 2. The zero-order valence-corrected chi connectivity index (χ0v) is 10.6. The number of rotatable bonds is 3. The van der Waals surface area contributed by atoms with Crippen LogP contribution in [0.3, 0.4) is 0 Å². The van der Waals surface area contributed by atoms with Crippen LogP contribution < -0.4 is 10.6 Å². The lowest BCUT2D eigenvalue weighted by Crippen LogP contribution is -2.37. The van der Waals surface area contributed by atoms with Crippen molar-refractivity contribution in [3.05, 3.63) is 35.1 Å². The molecule has 2 unspecified atom stereocenters. The van der Waals surface area contributed by atoms with Crippen LogP contribution in [0.4, 0.5) is 4.39 Å². The third kappa shape index (κ3) is 2.85. The first-order chi connectivity index (χ1) is 8.22. The van der Waals surface area contributed by atoms with Gasteiger partial charge in [0, 0.05) is 6.04 Å². The molecule has 1 aliphatic rings. The minimum atomic E-state index is -0.120. The summed E-state index contributed by atoms with van der Waals surface area (Å²) < 4.78 is 13.3. The highest BCUT2D eigenvalue weighted by Crippen LogP contribution is 2.27. The fourth-order valence-corrected chi connectivity index (χ4v) is 2.70. The Kier molecular flexibility index (Phi) is 4.13. The van der Waals surface area contributed by atoms with E-state index in [0.717, 1.165) is 18.7 Å². The van der Waals surface area contributed by atoms with Gasteiger partial charge in [0.1, 0.15) is 5.82 Å². The summed E-state index contributed by atoms with van der Waals surface area (Å²) in [6.45, 7) is 3.99. The maximum atomic E-state index is 13.3. The average molecular weight is 236 g/mol. The predicted molar refractivity (Wildman–Crippen MR) is 68.5 cm³/mol. The molecule has 2 rings (SSSR count). The van der Waals surface area contributed by atoms with E-state index in [2.05, 4.69) is 10.6 Å². The molecule has 0 saturated carbocycles. The molecule has 0 aromatic heterocycles. The summed E-state index contributed by atoms with van der Waals surface area (Å²) in [5.41, 5.74) is 1.92. The molecular formula is C14H21FN2. The van der Waals surface area contributed by atoms with Crippen LogP contribution in [0.5, 0.6) is 0 Å². The molecule has 2 N–H and O–H groups in total. The molecule has 1 saturated heterocycles. The van der Waals surface area contributed by atoms with Crippen molar-refractivity contribution < 1.29 is 4.39 Å². The van der Waals surface area contributed by atoms with Crippen LogP contribution in [0.1, 0.15) is 30.0 Å². The van der Waals surface area contributed by atoms with Crippen LogP contribution >= 0.6 is 0 Å². The Morgan fingerprint density at radius 3 is 2.88 bits per heavy atom. The summed E-state index contributed by atoms with van der Waals surface area (Å²) in [5.74, 6) is 0.476. The lowest BCUT2D eigenvalue weighted by molar-refractivity contribution is 0.298. The molecule has 0 aliphatic carbocycles. The Morgan fingerprint density at radius 2 is 2.29 bits per heavy atom. The van der Waals surface area contributed by atoms with E-state index in [1.165, 1.54) is 18.4 Å². The van der Waals surface area contributed by atoms with Crippen molar-refractivity contribution in [3.8, 4) is 0 Å². The molecule has 1 aromatic carbocycles. The molecule has 3 heteroatoms. The molecule has 2 atom stereocenters. The molecule has 0 spiro atoms. The lowest BCUT2D eigenvalue weighted by Gasteiger charge is -2.31. The highest BCUT2D eigenvalue weighted by Gasteiger charge is 2.23. The van der Waals surface area contributed by atoms with E-state index in [1.807, 2.05) is 26.1 Å². The molecule has 94 valence electrons. The fraction of sp³-hybridized carbons (Fsp3) is 0.571. The summed E-state index contributed by atoms with van der Waals surface area (Å²) in [5, 5.41) is 6.80. The van der Waals surface area contributed by atoms with E-state index >= 15 is 0 Å². The van der Waals surface area contributed by atoms with Gasteiger partial charge in [0.15, 0.2) is 0 Å². The van der Waals surface area contributed by atoms with Gasteiger partial charge in [-0.25, -0.2) is 4.39 Å². The number of halogens is 1. The molecule has 0 amide bonds. The normalized spacial score (nSPS) is 22.4. The Morgan fingerprint density at radius 1 is 1.47 bits per heavy atom. The van der Waals surface area contributed by atoms with Gasteiger partial charge in [0.25, 0.3) is 0 Å². The second kappa shape index (κ2) is 5.61. The number of benzene rings is 1. The van der Waals surface area contributed by atoms with Crippen LogP contribution in [0.15, 0.2) is 18.2 Å². The zero-order valence-electron chi connectivity index (χ0n) is 10.6. The predicted octanol–water partition coefficient (Wildman–Crippen LogP) is 2.39. The first-order valence-corrected chi connectivity index (χ1v) is 6.36. The highest BCUT2D eigenvalue weighted by molar-refractivity contribution is 5.27. The van der Waals surface area contributed by atoms with E-state index in [1.54, 1.807) is 6.07 Å². The summed E-state index contributed by atoms with van der Waals surface area (Å²) in [6, 6.07) is 5.76. The molecule has 1 aromatic rings. The maximum absolute atomic E-state index is 13.3. The van der Waals surface area contributed by atoms with Gasteiger partial charge < -0.3 is 10.6 Å². The second-order valence-corrected chi connectivity index (χ2v) is 4.88. The van der Waals surface area contributed by atoms with Crippen LogP contribution in [0.25, 0.3) is 0 Å². The molecule has 17 heavy (non-hydrogen) atoms. The number of hydrogen-bond donors (Lipinski definition) is 2. The van der Waals surface area contributed by atoms with E-state index in [-0.39, 0.29) is 5.82 Å². The van der Waals surface area contributed by atoms with Crippen molar-refractivity contribution >= 4 is 0 Å². The van der Waals surface area contributed by atoms with Crippen LogP contribution in [0.2, 0.25) is 0 Å². The summed E-state index contributed by atoms with van der Waals surface area (Å²) in [7, 11) is 1.98. The largest absolute Gasteiger partial charge is 0.316 e. The quantitative estimate of drug-likeness (QED) is 0.842. The summed E-state index contributed by atoms with van der Waals surface area (Å²) >= 11 is 0. The molecule has 0 bridgehead atoms. The zero-order chi connectivity index (χ0) is 12.3. The minimum absolute atomic E-state index is 0.120. The maximum Gasteiger partial charge on any atom is 0.126 e. The SMILES string of the molecule is CNC(c1ccc(F)c(C)c1)C1CCCNC1. The summed E-state index contributed by atoms with van der Waals surface area (Å²) in [4.78, 5) is 0. The molecule has 0 radical (unpaired) electrons. The van der Waals surface area contributed by atoms with Gasteiger partial charge >= 0.3 is 0 Å². The Hall–Kier alpha value is -0.930. The van der Waals surface area contributed by atoms with E-state index in [9.17, 15) is 4.39 Å². The van der Waals surface area contributed by atoms with Crippen LogP contribution in [-0.2, 0) is 0 Å². The number of aryl methyl sites for hydroxylation is 1. The highest BCUT2D eigenvalue weighted by atomic mass is 19.1. The minimum Gasteiger partial charge on any atom is -0.316 e. The monoisotopic (exact) mass is 236 g/mol. The van der Waals surface area contributed by atoms with Gasteiger partial charge in [-0.2, -0.15) is 0 Å². The van der Waals surface area contributed by atoms with Crippen molar-refractivity contribution in [3.63, 3.8) is 0 Å². The van der Waals surface area contributed by atoms with E-state index < -0.39 is 0 Å². The standard InChI is InChI=1S/C14H21FN2/c1-10-8-11(5-6-13(10)15)14(16-2)12-4-3-7-17-9-12/h5-6,8,12,14,16-17H,3-4,7,9H2,1-2H3. The van der Waals surface area contributed by atoms with Crippen LogP contribution in [0, 0.1) is 18.7 Å². The summed E-state index contributed by atoms with van der Waals surface area (Å²) in [6.07, 6.45) is 2.46. The third-order valence-electron chi connectivity index (χ3n) is 3.66. The van der Waals surface area contributed by atoms with Gasteiger partial charge in [-0.05, 0) is 63.0 Å². The number of hydrogen-bond acceptors (Lipinski definition) is 2. The van der Waals surface area contributed by atoms with Crippen molar-refractivity contribution in [1.82, 2.24) is 10.6 Å². The Labute approximate surface area is 103 Å². The van der Waals surface area contributed by atoms with Gasteiger partial charge in [-0.15, -0.1) is 0 Å². The first kappa shape index (κ1) is 12.5. The molecule has 1 fully saturated rings. The topological polar surface area (TPSA) is 24.1 Å². The molecule has 1 aliphatic heterocycles. The average Bonchev–Trinajstić information content (AvgIpc) is 2.36. The lowest BCUT2D eigenvalue weighted by atomic mass is 9.87. The number of piperidine rings is 1. The molecule has 1 heterocycles. The third-order valence-corrected chi connectivity index (χ3v) is 3.66.